The Kier molecular flexibility index (Phi) is 7.14. The number of benzene rings is 2. The molecule has 1 aliphatic carbocycles. The average Bonchev–Trinajstić information content (AvgIpc) is 3.16. The van der Waals surface area contributed by atoms with Crippen molar-refractivity contribution in [1.29, 1.82) is 0 Å². The number of rotatable bonds is 4. The molecule has 0 bridgehead atoms. The number of anilines is 2. The lowest BCUT2D eigenvalue weighted by molar-refractivity contribution is -0.133. The van der Waals surface area contributed by atoms with Gasteiger partial charge in [-0.1, -0.05) is 30.7 Å². The fraction of sp³-hybridized carbons (Fsp3) is 0.452. The summed E-state index contributed by atoms with van der Waals surface area (Å²) in [5.41, 5.74) is 5.09. The van der Waals surface area contributed by atoms with E-state index in [1.807, 2.05) is 55.1 Å². The zero-order valence-electron chi connectivity index (χ0n) is 22.8. The highest BCUT2D eigenvalue weighted by atomic mass is 32.2. The van der Waals surface area contributed by atoms with Crippen LogP contribution in [0.1, 0.15) is 43.2 Å². The largest absolute Gasteiger partial charge is 0.368 e. The molecule has 4 aliphatic rings. The summed E-state index contributed by atoms with van der Waals surface area (Å²) in [5.74, 6) is -0.579. The number of carbonyl (C=O) groups is 3. The highest BCUT2D eigenvalue weighted by Crippen LogP contribution is 2.52. The van der Waals surface area contributed by atoms with Gasteiger partial charge in [-0.15, -0.1) is 11.8 Å². The number of urea groups is 1. The van der Waals surface area contributed by atoms with E-state index in [0.29, 0.717) is 18.8 Å². The van der Waals surface area contributed by atoms with Gasteiger partial charge in [0.2, 0.25) is 11.8 Å². The van der Waals surface area contributed by atoms with Crippen LogP contribution in [0.4, 0.5) is 16.2 Å². The number of amides is 4. The Morgan fingerprint density at radius 2 is 1.62 bits per heavy atom. The van der Waals surface area contributed by atoms with Gasteiger partial charge >= 0.3 is 6.03 Å². The Balaban J connectivity index is 1.25. The first-order chi connectivity index (χ1) is 18.9. The SMILES string of the molecule is Cc1ccc(N2C(=O)C3C4=C(CCCCC4)SC3N(CC(=O)N3CCN(c4ccccc4)CC3)C2=O)cc1C. The molecule has 204 valence electrons. The van der Waals surface area contributed by atoms with Crippen LogP contribution in [0.3, 0.4) is 0 Å². The lowest BCUT2D eigenvalue weighted by Crippen LogP contribution is -2.62. The monoisotopic (exact) mass is 544 g/mol. The van der Waals surface area contributed by atoms with Crippen molar-refractivity contribution < 1.29 is 14.4 Å². The first-order valence-electron chi connectivity index (χ1n) is 14.1. The van der Waals surface area contributed by atoms with Crippen LogP contribution in [0.2, 0.25) is 0 Å². The Hall–Kier alpha value is -3.26. The maximum atomic E-state index is 14.0. The summed E-state index contributed by atoms with van der Waals surface area (Å²) >= 11 is 1.65. The molecule has 3 aliphatic heterocycles. The van der Waals surface area contributed by atoms with E-state index in [0.717, 1.165) is 62.0 Å². The van der Waals surface area contributed by atoms with Crippen LogP contribution < -0.4 is 9.80 Å². The van der Waals surface area contributed by atoms with E-state index >= 15 is 0 Å². The zero-order valence-corrected chi connectivity index (χ0v) is 23.6. The molecule has 2 aromatic rings. The smallest absolute Gasteiger partial charge is 0.332 e. The summed E-state index contributed by atoms with van der Waals surface area (Å²) in [6, 6.07) is 15.6. The molecular weight excluding hydrogens is 508 g/mol. The summed E-state index contributed by atoms with van der Waals surface area (Å²) < 4.78 is 0. The van der Waals surface area contributed by atoms with Crippen molar-refractivity contribution in [3.63, 3.8) is 0 Å². The predicted molar refractivity (Wildman–Crippen MR) is 156 cm³/mol. The molecule has 0 radical (unpaired) electrons. The fourth-order valence-corrected chi connectivity index (χ4v) is 7.91. The molecule has 6 rings (SSSR count). The second kappa shape index (κ2) is 10.7. The number of thioether (sulfide) groups is 1. The molecule has 0 saturated carbocycles. The molecule has 2 aromatic carbocycles. The van der Waals surface area contributed by atoms with E-state index in [1.165, 1.54) is 15.4 Å². The predicted octanol–water partition coefficient (Wildman–Crippen LogP) is 5.33. The molecule has 2 atom stereocenters. The van der Waals surface area contributed by atoms with Gasteiger partial charge in [0.15, 0.2) is 0 Å². The van der Waals surface area contributed by atoms with Crippen LogP contribution in [-0.2, 0) is 9.59 Å². The summed E-state index contributed by atoms with van der Waals surface area (Å²) in [7, 11) is 0. The molecular formula is C31H36N4O3S. The number of fused-ring (bicyclic) bond motifs is 2. The van der Waals surface area contributed by atoms with Crippen molar-refractivity contribution in [3.05, 3.63) is 70.1 Å². The third kappa shape index (κ3) is 4.84. The number of hydrogen-bond donors (Lipinski definition) is 0. The quantitative estimate of drug-likeness (QED) is 0.521. The van der Waals surface area contributed by atoms with E-state index in [-0.39, 0.29) is 35.7 Å². The van der Waals surface area contributed by atoms with Gasteiger partial charge in [-0.2, -0.15) is 0 Å². The third-order valence-electron chi connectivity index (χ3n) is 8.67. The summed E-state index contributed by atoms with van der Waals surface area (Å²) in [6.45, 7) is 6.76. The van der Waals surface area contributed by atoms with Gasteiger partial charge < -0.3 is 14.7 Å². The molecule has 4 amide bonds. The molecule has 0 N–H and O–H groups in total. The van der Waals surface area contributed by atoms with Crippen molar-refractivity contribution >= 4 is 41.0 Å². The summed E-state index contributed by atoms with van der Waals surface area (Å²) in [5, 5.41) is -0.342. The topological polar surface area (TPSA) is 64.2 Å². The van der Waals surface area contributed by atoms with Gasteiger partial charge in [0, 0.05) is 31.9 Å². The lowest BCUT2D eigenvalue weighted by Gasteiger charge is -2.43. The lowest BCUT2D eigenvalue weighted by atomic mass is 9.91. The maximum Gasteiger partial charge on any atom is 0.332 e. The van der Waals surface area contributed by atoms with Gasteiger partial charge in [0.05, 0.1) is 17.0 Å². The highest BCUT2D eigenvalue weighted by molar-refractivity contribution is 8.04. The fourth-order valence-electron chi connectivity index (χ4n) is 6.27. The minimum atomic E-state index is -0.384. The second-order valence-electron chi connectivity index (χ2n) is 11.1. The molecule has 39 heavy (non-hydrogen) atoms. The van der Waals surface area contributed by atoms with Crippen LogP contribution in [0.15, 0.2) is 59.0 Å². The van der Waals surface area contributed by atoms with Gasteiger partial charge in [0.1, 0.15) is 6.54 Å². The first-order valence-corrected chi connectivity index (χ1v) is 15.0. The highest BCUT2D eigenvalue weighted by Gasteiger charge is 2.53. The number of aryl methyl sites for hydroxylation is 2. The Morgan fingerprint density at radius 3 is 2.36 bits per heavy atom. The average molecular weight is 545 g/mol. The molecule has 7 nitrogen and oxygen atoms in total. The minimum Gasteiger partial charge on any atom is -0.368 e. The van der Waals surface area contributed by atoms with E-state index in [9.17, 15) is 14.4 Å². The van der Waals surface area contributed by atoms with Gasteiger partial charge in [-0.05, 0) is 85.4 Å². The number of nitrogens with zero attached hydrogens (tertiary/aromatic N) is 4. The van der Waals surface area contributed by atoms with Crippen molar-refractivity contribution in [1.82, 2.24) is 9.80 Å². The van der Waals surface area contributed by atoms with Gasteiger partial charge in [-0.3, -0.25) is 9.59 Å². The molecule has 2 fully saturated rings. The molecule has 2 unspecified atom stereocenters. The maximum absolute atomic E-state index is 14.0. The number of allylic oxidation sites excluding steroid dienone is 1. The molecule has 0 aromatic heterocycles. The van der Waals surface area contributed by atoms with Crippen molar-refractivity contribution in [2.24, 2.45) is 5.92 Å². The standard InChI is InChI=1S/C31H36N4O3S/c1-21-13-14-24(19-22(21)2)35-29(37)28-25-11-7-4-8-12-26(25)39-30(28)34(31(35)38)20-27(36)33-17-15-32(16-18-33)23-9-5-3-6-10-23/h3,5-6,9-10,13-14,19,28,30H,4,7-8,11-12,15-18,20H2,1-2H3. The number of carbonyl (C=O) groups excluding carboxylic acids is 3. The first kappa shape index (κ1) is 26.0. The van der Waals surface area contributed by atoms with Crippen LogP contribution in [-0.4, -0.2) is 65.7 Å². The van der Waals surface area contributed by atoms with Crippen LogP contribution in [0.5, 0.6) is 0 Å². The van der Waals surface area contributed by atoms with E-state index in [2.05, 4.69) is 17.0 Å². The minimum absolute atomic E-state index is 0.00643. The third-order valence-corrected chi connectivity index (χ3v) is 10.2. The van der Waals surface area contributed by atoms with Crippen LogP contribution in [0, 0.1) is 19.8 Å². The zero-order chi connectivity index (χ0) is 27.1. The van der Waals surface area contributed by atoms with E-state index in [4.69, 9.17) is 0 Å². The Morgan fingerprint density at radius 1 is 0.872 bits per heavy atom. The Bertz CT molecular complexity index is 1320. The van der Waals surface area contributed by atoms with Crippen LogP contribution >= 0.6 is 11.8 Å². The van der Waals surface area contributed by atoms with E-state index in [1.54, 1.807) is 16.7 Å². The van der Waals surface area contributed by atoms with E-state index < -0.39 is 0 Å². The van der Waals surface area contributed by atoms with Crippen molar-refractivity contribution in [2.75, 3.05) is 42.5 Å². The number of para-hydroxylation sites is 1. The molecule has 0 spiro atoms. The number of imide groups is 1. The van der Waals surface area contributed by atoms with Crippen molar-refractivity contribution in [3.8, 4) is 0 Å². The number of piperazine rings is 1. The summed E-state index contributed by atoms with van der Waals surface area (Å²) in [6.07, 6.45) is 5.20. The molecule has 8 heteroatoms. The van der Waals surface area contributed by atoms with Gasteiger partial charge in [-0.25, -0.2) is 9.69 Å². The van der Waals surface area contributed by atoms with Crippen molar-refractivity contribution in [2.45, 2.75) is 51.3 Å². The van der Waals surface area contributed by atoms with Gasteiger partial charge in [0.25, 0.3) is 0 Å². The Labute approximate surface area is 234 Å². The summed E-state index contributed by atoms with van der Waals surface area (Å²) in [4.78, 5) is 50.1. The molecule has 3 heterocycles. The molecule has 2 saturated heterocycles. The normalized spacial score (nSPS) is 23.6. The van der Waals surface area contributed by atoms with Crippen LogP contribution in [0.25, 0.3) is 0 Å². The number of hydrogen-bond acceptors (Lipinski definition) is 5. The second-order valence-corrected chi connectivity index (χ2v) is 12.3.